The van der Waals surface area contributed by atoms with Gasteiger partial charge < -0.3 is 5.32 Å². The molecule has 0 aliphatic carbocycles. The molecule has 0 fully saturated rings. The molecule has 0 saturated carbocycles. The Morgan fingerprint density at radius 2 is 1.95 bits per heavy atom. The van der Waals surface area contributed by atoms with Gasteiger partial charge in [0, 0.05) is 26.2 Å². The fourth-order valence-corrected chi connectivity index (χ4v) is 3.49. The van der Waals surface area contributed by atoms with Crippen molar-refractivity contribution in [1.82, 2.24) is 5.32 Å². The Hall–Kier alpha value is -0.480. The van der Waals surface area contributed by atoms with E-state index >= 15 is 0 Å². The van der Waals surface area contributed by atoms with Gasteiger partial charge in [0.05, 0.1) is 0 Å². The summed E-state index contributed by atoms with van der Waals surface area (Å²) in [6.07, 6.45) is 1.03. The summed E-state index contributed by atoms with van der Waals surface area (Å²) in [5.74, 6) is 1.02. The molecule has 0 bridgehead atoms. The van der Waals surface area contributed by atoms with Gasteiger partial charge in [-0.05, 0) is 49.4 Å². The van der Waals surface area contributed by atoms with Crippen LogP contribution in [0.1, 0.15) is 5.56 Å². The van der Waals surface area contributed by atoms with Crippen molar-refractivity contribution in [3.05, 3.63) is 63.6 Å². The Kier molecular flexibility index (Phi) is 6.43. The number of benzene rings is 2. The van der Waals surface area contributed by atoms with Crippen molar-refractivity contribution in [2.24, 2.45) is 0 Å². The summed E-state index contributed by atoms with van der Waals surface area (Å²) >= 11 is 11.3. The summed E-state index contributed by atoms with van der Waals surface area (Å²) in [5.41, 5.74) is 1.35. The van der Waals surface area contributed by atoms with E-state index in [1.54, 1.807) is 0 Å². The molecule has 0 aliphatic heterocycles. The molecule has 0 saturated heterocycles. The van der Waals surface area contributed by atoms with E-state index in [1.165, 1.54) is 10.5 Å². The Morgan fingerprint density at radius 3 is 2.60 bits per heavy atom. The minimum absolute atomic E-state index is 0.445. The van der Waals surface area contributed by atoms with Crippen LogP contribution in [0.3, 0.4) is 0 Å². The molecule has 4 heteroatoms. The number of thioether (sulfide) groups is 1. The van der Waals surface area contributed by atoms with Crippen LogP contribution in [0.25, 0.3) is 0 Å². The fraction of sp³-hybridized carbons (Fsp3) is 0.250. The second-order valence-electron chi connectivity index (χ2n) is 4.58. The highest BCUT2D eigenvalue weighted by molar-refractivity contribution is 9.10. The zero-order chi connectivity index (χ0) is 14.4. The van der Waals surface area contributed by atoms with Crippen LogP contribution < -0.4 is 5.32 Å². The molecule has 1 atom stereocenters. The van der Waals surface area contributed by atoms with Crippen molar-refractivity contribution in [2.45, 2.75) is 17.4 Å². The topological polar surface area (TPSA) is 12.0 Å². The Balaban J connectivity index is 1.90. The van der Waals surface area contributed by atoms with Crippen LogP contribution in [0.5, 0.6) is 0 Å². The van der Waals surface area contributed by atoms with Gasteiger partial charge in [0.25, 0.3) is 0 Å². The van der Waals surface area contributed by atoms with E-state index in [0.29, 0.717) is 6.04 Å². The maximum Gasteiger partial charge on any atom is 0.0417 e. The molecule has 2 aromatic carbocycles. The van der Waals surface area contributed by atoms with Gasteiger partial charge in [-0.2, -0.15) is 0 Å². The monoisotopic (exact) mass is 369 g/mol. The summed E-state index contributed by atoms with van der Waals surface area (Å²) in [6, 6.07) is 17.0. The number of likely N-dealkylation sites (N-methyl/N-ethyl adjacent to an activating group) is 1. The summed E-state index contributed by atoms with van der Waals surface area (Å²) in [5, 5.41) is 4.18. The SMILES string of the molecule is CNC(CSc1cccc(Cl)c1)Cc1ccc(Br)cc1. The zero-order valence-corrected chi connectivity index (χ0v) is 14.4. The highest BCUT2D eigenvalue weighted by Crippen LogP contribution is 2.23. The van der Waals surface area contributed by atoms with E-state index < -0.39 is 0 Å². The van der Waals surface area contributed by atoms with Crippen molar-refractivity contribution < 1.29 is 0 Å². The summed E-state index contributed by atoms with van der Waals surface area (Å²) < 4.78 is 1.12. The number of rotatable bonds is 6. The Morgan fingerprint density at radius 1 is 1.20 bits per heavy atom. The van der Waals surface area contributed by atoms with Crippen LogP contribution in [-0.4, -0.2) is 18.8 Å². The van der Waals surface area contributed by atoms with Crippen LogP contribution >= 0.6 is 39.3 Å². The first-order chi connectivity index (χ1) is 9.67. The molecule has 1 N–H and O–H groups in total. The first kappa shape index (κ1) is 15.9. The van der Waals surface area contributed by atoms with E-state index in [1.807, 2.05) is 37.0 Å². The fourth-order valence-electron chi connectivity index (χ4n) is 1.90. The molecule has 20 heavy (non-hydrogen) atoms. The first-order valence-electron chi connectivity index (χ1n) is 6.47. The number of nitrogens with one attached hydrogen (secondary N) is 1. The third-order valence-electron chi connectivity index (χ3n) is 3.05. The number of hydrogen-bond donors (Lipinski definition) is 1. The maximum atomic E-state index is 6.01. The second kappa shape index (κ2) is 8.08. The van der Waals surface area contributed by atoms with E-state index in [-0.39, 0.29) is 0 Å². The quantitative estimate of drug-likeness (QED) is 0.716. The predicted molar refractivity (Wildman–Crippen MR) is 92.9 cm³/mol. The zero-order valence-electron chi connectivity index (χ0n) is 11.3. The van der Waals surface area contributed by atoms with Gasteiger partial charge in [0.1, 0.15) is 0 Å². The van der Waals surface area contributed by atoms with Gasteiger partial charge in [-0.3, -0.25) is 0 Å². The molecule has 1 unspecified atom stereocenters. The van der Waals surface area contributed by atoms with Crippen molar-refractivity contribution in [2.75, 3.05) is 12.8 Å². The van der Waals surface area contributed by atoms with Crippen molar-refractivity contribution in [1.29, 1.82) is 0 Å². The smallest absolute Gasteiger partial charge is 0.0417 e. The minimum Gasteiger partial charge on any atom is -0.316 e. The van der Waals surface area contributed by atoms with E-state index in [2.05, 4.69) is 51.6 Å². The largest absolute Gasteiger partial charge is 0.316 e. The summed E-state index contributed by atoms with van der Waals surface area (Å²) in [7, 11) is 2.02. The van der Waals surface area contributed by atoms with Crippen LogP contribution in [0, 0.1) is 0 Å². The van der Waals surface area contributed by atoms with Gasteiger partial charge >= 0.3 is 0 Å². The van der Waals surface area contributed by atoms with Crippen LogP contribution in [0.4, 0.5) is 0 Å². The molecule has 0 heterocycles. The average molecular weight is 371 g/mol. The molecule has 0 aromatic heterocycles. The number of halogens is 2. The Bertz CT molecular complexity index is 544. The highest BCUT2D eigenvalue weighted by Gasteiger charge is 2.08. The first-order valence-corrected chi connectivity index (χ1v) is 8.63. The van der Waals surface area contributed by atoms with Crippen molar-refractivity contribution in [3.63, 3.8) is 0 Å². The normalized spacial score (nSPS) is 12.3. The highest BCUT2D eigenvalue weighted by atomic mass is 79.9. The average Bonchev–Trinajstić information content (AvgIpc) is 2.45. The van der Waals surface area contributed by atoms with Crippen LogP contribution in [-0.2, 0) is 6.42 Å². The molecule has 2 aromatic rings. The lowest BCUT2D eigenvalue weighted by Crippen LogP contribution is -2.30. The van der Waals surface area contributed by atoms with Gasteiger partial charge in [0.15, 0.2) is 0 Å². The van der Waals surface area contributed by atoms with Crippen molar-refractivity contribution >= 4 is 39.3 Å². The third-order valence-corrected chi connectivity index (χ3v) is 4.97. The molecule has 0 spiro atoms. The maximum absolute atomic E-state index is 6.01. The van der Waals surface area contributed by atoms with E-state index in [9.17, 15) is 0 Å². The molecular formula is C16H17BrClNS. The lowest BCUT2D eigenvalue weighted by molar-refractivity contribution is 0.617. The van der Waals surface area contributed by atoms with Crippen molar-refractivity contribution in [3.8, 4) is 0 Å². The molecule has 2 rings (SSSR count). The van der Waals surface area contributed by atoms with Gasteiger partial charge in [-0.25, -0.2) is 0 Å². The van der Waals surface area contributed by atoms with Crippen LogP contribution in [0.15, 0.2) is 57.9 Å². The second-order valence-corrected chi connectivity index (χ2v) is 7.03. The van der Waals surface area contributed by atoms with Gasteiger partial charge in [-0.15, -0.1) is 11.8 Å². The minimum atomic E-state index is 0.445. The molecule has 0 radical (unpaired) electrons. The molecule has 1 nitrogen and oxygen atoms in total. The van der Waals surface area contributed by atoms with Gasteiger partial charge in [-0.1, -0.05) is 45.7 Å². The predicted octanol–water partition coefficient (Wildman–Crippen LogP) is 5.03. The van der Waals surface area contributed by atoms with E-state index in [4.69, 9.17) is 11.6 Å². The van der Waals surface area contributed by atoms with Gasteiger partial charge in [0.2, 0.25) is 0 Å². The number of hydrogen-bond acceptors (Lipinski definition) is 2. The third kappa shape index (κ3) is 5.13. The molecule has 106 valence electrons. The molecule has 0 aliphatic rings. The standard InChI is InChI=1S/C16H17BrClNS/c1-19-15(9-12-5-7-13(17)8-6-12)11-20-16-4-2-3-14(18)10-16/h2-8,10,15,19H,9,11H2,1H3. The lowest BCUT2D eigenvalue weighted by atomic mass is 10.1. The lowest BCUT2D eigenvalue weighted by Gasteiger charge is -2.16. The summed E-state index contributed by atoms with van der Waals surface area (Å²) in [4.78, 5) is 1.22. The van der Waals surface area contributed by atoms with E-state index in [0.717, 1.165) is 21.7 Å². The Labute approximate surface area is 138 Å². The van der Waals surface area contributed by atoms with Crippen LogP contribution in [0.2, 0.25) is 5.02 Å². The molecule has 0 amide bonds. The molecular weight excluding hydrogens is 354 g/mol. The summed E-state index contributed by atoms with van der Waals surface area (Å²) in [6.45, 7) is 0.